The number of nitrogens with one attached hydrogen (secondary N) is 1. The zero-order chi connectivity index (χ0) is 15.2. The smallest absolute Gasteiger partial charge is 0.0420 e. The molecule has 120 valence electrons. The van der Waals surface area contributed by atoms with Crippen LogP contribution in [0.4, 0.5) is 0 Å². The van der Waals surface area contributed by atoms with Crippen LogP contribution in [0.15, 0.2) is 0 Å². The minimum atomic E-state index is 0.165. The number of hydrazine groups is 1. The van der Waals surface area contributed by atoms with Gasteiger partial charge in [0.25, 0.3) is 0 Å². The highest BCUT2D eigenvalue weighted by Gasteiger charge is 2.42. The standard InChI is InChI=1S/C17H37N3/c1-6-14-11-10-12-15(13-14)16(19-18)17(5,7-2)20(8-3)9-4/h14-16,19H,6-13,18H2,1-5H3. The largest absolute Gasteiger partial charge is 0.297 e. The molecule has 1 fully saturated rings. The lowest BCUT2D eigenvalue weighted by Gasteiger charge is -2.49. The van der Waals surface area contributed by atoms with E-state index < -0.39 is 0 Å². The Kier molecular flexibility index (Phi) is 7.49. The lowest BCUT2D eigenvalue weighted by atomic mass is 9.70. The maximum absolute atomic E-state index is 6.02. The third kappa shape index (κ3) is 3.75. The Bertz CT molecular complexity index is 265. The van der Waals surface area contributed by atoms with Gasteiger partial charge in [0.1, 0.15) is 0 Å². The molecule has 4 unspecified atom stereocenters. The summed E-state index contributed by atoms with van der Waals surface area (Å²) in [6.45, 7) is 13.8. The van der Waals surface area contributed by atoms with Crippen LogP contribution in [0.2, 0.25) is 0 Å². The predicted molar refractivity (Wildman–Crippen MR) is 88.5 cm³/mol. The minimum Gasteiger partial charge on any atom is -0.297 e. The van der Waals surface area contributed by atoms with Crippen molar-refractivity contribution < 1.29 is 0 Å². The second kappa shape index (κ2) is 8.35. The lowest BCUT2D eigenvalue weighted by Crippen LogP contribution is -2.63. The molecule has 3 nitrogen and oxygen atoms in total. The first-order valence-electron chi connectivity index (χ1n) is 8.78. The van der Waals surface area contributed by atoms with Crippen molar-refractivity contribution in [3.63, 3.8) is 0 Å². The summed E-state index contributed by atoms with van der Waals surface area (Å²) in [4.78, 5) is 2.59. The number of hydrogen-bond donors (Lipinski definition) is 2. The number of rotatable bonds is 8. The van der Waals surface area contributed by atoms with Crippen LogP contribution in [0.1, 0.15) is 73.1 Å². The van der Waals surface area contributed by atoms with Crippen LogP contribution in [0.5, 0.6) is 0 Å². The molecule has 1 aliphatic carbocycles. The topological polar surface area (TPSA) is 41.3 Å². The predicted octanol–water partition coefficient (Wildman–Crippen LogP) is 3.55. The van der Waals surface area contributed by atoms with E-state index in [1.165, 1.54) is 32.1 Å². The number of hydrogen-bond acceptors (Lipinski definition) is 3. The van der Waals surface area contributed by atoms with Gasteiger partial charge in [-0.2, -0.15) is 0 Å². The fraction of sp³-hybridized carbons (Fsp3) is 1.00. The summed E-state index contributed by atoms with van der Waals surface area (Å²) in [7, 11) is 0. The van der Waals surface area contributed by atoms with E-state index in [1.54, 1.807) is 0 Å². The first kappa shape index (κ1) is 17.9. The van der Waals surface area contributed by atoms with Gasteiger partial charge in [0.15, 0.2) is 0 Å². The van der Waals surface area contributed by atoms with E-state index in [9.17, 15) is 0 Å². The van der Waals surface area contributed by atoms with Crippen LogP contribution in [0.25, 0.3) is 0 Å². The third-order valence-electron chi connectivity index (χ3n) is 5.92. The molecule has 0 aromatic heterocycles. The van der Waals surface area contributed by atoms with Crippen molar-refractivity contribution in [3.05, 3.63) is 0 Å². The molecule has 1 rings (SSSR count). The Hall–Kier alpha value is -0.120. The van der Waals surface area contributed by atoms with E-state index in [0.717, 1.165) is 31.3 Å². The first-order valence-corrected chi connectivity index (χ1v) is 8.78. The fourth-order valence-corrected chi connectivity index (χ4v) is 4.42. The molecule has 0 bridgehead atoms. The van der Waals surface area contributed by atoms with E-state index in [-0.39, 0.29) is 5.54 Å². The second-order valence-electron chi connectivity index (χ2n) is 6.73. The Morgan fingerprint density at radius 1 is 1.20 bits per heavy atom. The SMILES string of the molecule is CCC1CCCC(C(NN)C(C)(CC)N(CC)CC)C1. The molecule has 0 saturated heterocycles. The van der Waals surface area contributed by atoms with Crippen LogP contribution < -0.4 is 11.3 Å². The molecule has 0 aromatic carbocycles. The van der Waals surface area contributed by atoms with E-state index in [2.05, 4.69) is 44.9 Å². The summed E-state index contributed by atoms with van der Waals surface area (Å²) in [5, 5.41) is 0. The monoisotopic (exact) mass is 283 g/mol. The molecule has 20 heavy (non-hydrogen) atoms. The summed E-state index contributed by atoms with van der Waals surface area (Å²) in [5.74, 6) is 7.65. The van der Waals surface area contributed by atoms with Crippen molar-refractivity contribution in [2.45, 2.75) is 84.7 Å². The fourth-order valence-electron chi connectivity index (χ4n) is 4.42. The van der Waals surface area contributed by atoms with Gasteiger partial charge in [0.05, 0.1) is 0 Å². The Balaban J connectivity index is 2.90. The number of nitrogens with two attached hydrogens (primary N) is 1. The number of nitrogens with zero attached hydrogens (tertiary/aromatic N) is 1. The van der Waals surface area contributed by atoms with E-state index >= 15 is 0 Å². The highest BCUT2D eigenvalue weighted by atomic mass is 15.3. The molecular weight excluding hydrogens is 246 g/mol. The maximum Gasteiger partial charge on any atom is 0.0420 e. The van der Waals surface area contributed by atoms with Crippen LogP contribution >= 0.6 is 0 Å². The maximum atomic E-state index is 6.02. The first-order chi connectivity index (χ1) is 9.57. The summed E-state index contributed by atoms with van der Waals surface area (Å²) in [6, 6.07) is 0.404. The molecule has 0 radical (unpaired) electrons. The van der Waals surface area contributed by atoms with E-state index in [0.29, 0.717) is 6.04 Å². The summed E-state index contributed by atoms with van der Waals surface area (Å²) in [5.41, 5.74) is 3.38. The number of likely N-dealkylation sites (N-methyl/N-ethyl adjacent to an activating group) is 1. The van der Waals surface area contributed by atoms with Gasteiger partial charge in [-0.25, -0.2) is 0 Å². The molecule has 0 spiro atoms. The summed E-state index contributed by atoms with van der Waals surface area (Å²) >= 11 is 0. The molecule has 3 heteroatoms. The van der Waals surface area contributed by atoms with Crippen LogP contribution in [-0.4, -0.2) is 29.6 Å². The Morgan fingerprint density at radius 3 is 2.30 bits per heavy atom. The van der Waals surface area contributed by atoms with Crippen molar-refractivity contribution >= 4 is 0 Å². The quantitative estimate of drug-likeness (QED) is 0.529. The van der Waals surface area contributed by atoms with Gasteiger partial charge in [-0.1, -0.05) is 47.0 Å². The molecule has 0 heterocycles. The van der Waals surface area contributed by atoms with Gasteiger partial charge < -0.3 is 0 Å². The summed E-state index contributed by atoms with van der Waals surface area (Å²) < 4.78 is 0. The molecular formula is C17H37N3. The minimum absolute atomic E-state index is 0.165. The molecule has 0 aromatic rings. The van der Waals surface area contributed by atoms with Crippen molar-refractivity contribution in [3.8, 4) is 0 Å². The van der Waals surface area contributed by atoms with Gasteiger partial charge in [-0.3, -0.25) is 16.2 Å². The lowest BCUT2D eigenvalue weighted by molar-refractivity contribution is 0.0299. The molecule has 0 amide bonds. The zero-order valence-corrected chi connectivity index (χ0v) is 14.4. The van der Waals surface area contributed by atoms with Gasteiger partial charge in [0, 0.05) is 11.6 Å². The van der Waals surface area contributed by atoms with E-state index in [4.69, 9.17) is 5.84 Å². The molecule has 1 saturated carbocycles. The third-order valence-corrected chi connectivity index (χ3v) is 5.92. The highest BCUT2D eigenvalue weighted by molar-refractivity contribution is 4.99. The average molecular weight is 284 g/mol. The van der Waals surface area contributed by atoms with Crippen LogP contribution in [0, 0.1) is 11.8 Å². The van der Waals surface area contributed by atoms with E-state index in [1.807, 2.05) is 0 Å². The Morgan fingerprint density at radius 2 is 1.85 bits per heavy atom. The zero-order valence-electron chi connectivity index (χ0n) is 14.4. The molecule has 4 atom stereocenters. The van der Waals surface area contributed by atoms with Gasteiger partial charge in [0.2, 0.25) is 0 Å². The van der Waals surface area contributed by atoms with Gasteiger partial charge >= 0.3 is 0 Å². The van der Waals surface area contributed by atoms with Crippen molar-refractivity contribution in [2.24, 2.45) is 17.7 Å². The van der Waals surface area contributed by atoms with Crippen molar-refractivity contribution in [1.82, 2.24) is 10.3 Å². The van der Waals surface area contributed by atoms with Crippen LogP contribution in [0.3, 0.4) is 0 Å². The van der Waals surface area contributed by atoms with Crippen molar-refractivity contribution in [1.29, 1.82) is 0 Å². The van der Waals surface area contributed by atoms with Crippen LogP contribution in [-0.2, 0) is 0 Å². The Labute approximate surface area is 126 Å². The molecule has 3 N–H and O–H groups in total. The normalized spacial score (nSPS) is 28.4. The van der Waals surface area contributed by atoms with Crippen molar-refractivity contribution in [2.75, 3.05) is 13.1 Å². The van der Waals surface area contributed by atoms with Gasteiger partial charge in [-0.15, -0.1) is 0 Å². The molecule has 1 aliphatic rings. The second-order valence-corrected chi connectivity index (χ2v) is 6.73. The molecule has 0 aliphatic heterocycles. The van der Waals surface area contributed by atoms with Gasteiger partial charge in [-0.05, 0) is 51.1 Å². The highest BCUT2D eigenvalue weighted by Crippen LogP contribution is 2.38. The average Bonchev–Trinajstić information content (AvgIpc) is 2.49. The summed E-state index contributed by atoms with van der Waals surface area (Å²) in [6.07, 6.45) is 7.95.